The number of nitrogens with two attached hydrogens (primary N) is 3. The summed E-state index contributed by atoms with van der Waals surface area (Å²) in [4.78, 5) is 27.0. The number of nitrogen functional groups attached to an aromatic ring is 1. The van der Waals surface area contributed by atoms with Gasteiger partial charge in [0, 0.05) is 19.0 Å². The quantitative estimate of drug-likeness (QED) is 0.111. The Bertz CT molecular complexity index is 948. The van der Waals surface area contributed by atoms with Gasteiger partial charge in [-0.05, 0) is 19.3 Å². The largest absolute Gasteiger partial charge is 0.481 e. The van der Waals surface area contributed by atoms with Gasteiger partial charge in [0.25, 0.3) is 0 Å². The van der Waals surface area contributed by atoms with Crippen LogP contribution in [0.2, 0.25) is 0 Å². The Kier molecular flexibility index (Phi) is 7.74. The van der Waals surface area contributed by atoms with Crippen LogP contribution in [0.3, 0.4) is 0 Å². The second-order valence-corrected chi connectivity index (χ2v) is 7.61. The van der Waals surface area contributed by atoms with E-state index in [9.17, 15) is 15.0 Å². The van der Waals surface area contributed by atoms with E-state index < -0.39 is 30.5 Å². The Morgan fingerprint density at radius 3 is 2.78 bits per heavy atom. The van der Waals surface area contributed by atoms with Crippen LogP contribution in [-0.2, 0) is 9.53 Å². The summed E-state index contributed by atoms with van der Waals surface area (Å²) in [7, 11) is 0. The summed E-state index contributed by atoms with van der Waals surface area (Å²) >= 11 is 0. The number of hydrogen-bond donors (Lipinski definition) is 7. The lowest BCUT2D eigenvalue weighted by Crippen LogP contribution is -2.39. The third-order valence-electron chi connectivity index (χ3n) is 5.30. The summed E-state index contributed by atoms with van der Waals surface area (Å²) in [6.07, 6.45) is 0.000356. The first kappa shape index (κ1) is 23.6. The van der Waals surface area contributed by atoms with Crippen molar-refractivity contribution in [1.82, 2.24) is 24.8 Å². The zero-order valence-electron chi connectivity index (χ0n) is 17.4. The first-order valence-corrected chi connectivity index (χ1v) is 10.2. The average Bonchev–Trinajstić information content (AvgIpc) is 3.28. The molecule has 0 amide bonds. The van der Waals surface area contributed by atoms with Crippen molar-refractivity contribution in [2.45, 2.75) is 56.3 Å². The fourth-order valence-corrected chi connectivity index (χ4v) is 3.75. The number of rotatable bonds is 11. The summed E-state index contributed by atoms with van der Waals surface area (Å²) in [5.41, 5.74) is 17.2. The molecule has 3 rings (SSSR count). The monoisotopic (exact) mass is 451 g/mol. The van der Waals surface area contributed by atoms with Crippen LogP contribution in [0.5, 0.6) is 0 Å². The molecule has 0 spiro atoms. The molecule has 2 aromatic rings. The van der Waals surface area contributed by atoms with E-state index in [4.69, 9.17) is 27.0 Å². The molecule has 5 unspecified atom stereocenters. The van der Waals surface area contributed by atoms with Crippen molar-refractivity contribution in [3.05, 3.63) is 12.7 Å². The number of aromatic nitrogens is 4. The van der Waals surface area contributed by atoms with Crippen LogP contribution in [-0.4, -0.2) is 84.2 Å². The van der Waals surface area contributed by atoms with E-state index in [0.717, 1.165) is 0 Å². The van der Waals surface area contributed by atoms with Gasteiger partial charge in [-0.2, -0.15) is 0 Å². The molecular formula is C18H29N9O5. The standard InChI is InChI=1S/C18H29N9O5/c19-15-12-16(25-7-24-15)27(8-26-12)17-14(31)13(30)10(32-17)6-9(2-1-3-11(28)29)22-4-5-23-18(20)21/h7-10,13-14,17,22,30-31H,1-6H2,(H,28,29)(H2,19,24,25)(H4,20,21,23). The number of carboxylic acids is 1. The Morgan fingerprint density at radius 1 is 1.28 bits per heavy atom. The van der Waals surface area contributed by atoms with Crippen molar-refractivity contribution < 1.29 is 24.9 Å². The van der Waals surface area contributed by atoms with Crippen molar-refractivity contribution in [3.63, 3.8) is 0 Å². The van der Waals surface area contributed by atoms with Crippen LogP contribution in [0.15, 0.2) is 17.6 Å². The van der Waals surface area contributed by atoms with Gasteiger partial charge in [0.05, 0.1) is 19.0 Å². The van der Waals surface area contributed by atoms with E-state index in [1.807, 2.05) is 0 Å². The van der Waals surface area contributed by atoms with E-state index >= 15 is 0 Å². The van der Waals surface area contributed by atoms with Gasteiger partial charge >= 0.3 is 5.97 Å². The molecule has 10 N–H and O–H groups in total. The molecule has 1 aliphatic rings. The number of aliphatic hydroxyl groups excluding tert-OH is 2. The first-order chi connectivity index (χ1) is 15.3. The summed E-state index contributed by atoms with van der Waals surface area (Å²) in [6, 6.07) is -0.188. The summed E-state index contributed by atoms with van der Waals surface area (Å²) in [5.74, 6) is -0.710. The van der Waals surface area contributed by atoms with Gasteiger partial charge in [-0.3, -0.25) is 14.4 Å². The molecule has 1 fully saturated rings. The minimum atomic E-state index is -1.23. The van der Waals surface area contributed by atoms with E-state index in [1.165, 1.54) is 17.2 Å². The molecule has 0 aliphatic carbocycles. The van der Waals surface area contributed by atoms with Gasteiger partial charge in [0.1, 0.15) is 24.1 Å². The fourth-order valence-electron chi connectivity index (χ4n) is 3.75. The lowest BCUT2D eigenvalue weighted by atomic mass is 9.99. The van der Waals surface area contributed by atoms with Gasteiger partial charge in [-0.15, -0.1) is 0 Å². The fraction of sp³-hybridized carbons (Fsp3) is 0.611. The maximum atomic E-state index is 10.9. The van der Waals surface area contributed by atoms with Crippen LogP contribution >= 0.6 is 0 Å². The molecule has 5 atom stereocenters. The smallest absolute Gasteiger partial charge is 0.303 e. The number of nitrogens with zero attached hydrogens (tertiary/aromatic N) is 5. The molecule has 0 saturated carbocycles. The van der Waals surface area contributed by atoms with E-state index in [2.05, 4.69) is 25.3 Å². The molecular weight excluding hydrogens is 422 g/mol. The zero-order valence-corrected chi connectivity index (χ0v) is 17.4. The highest BCUT2D eigenvalue weighted by atomic mass is 16.6. The van der Waals surface area contributed by atoms with E-state index in [1.54, 1.807) is 0 Å². The van der Waals surface area contributed by atoms with Crippen LogP contribution in [0.4, 0.5) is 5.82 Å². The third kappa shape index (κ3) is 5.59. The number of nitrogens with one attached hydrogen (secondary N) is 1. The maximum Gasteiger partial charge on any atom is 0.303 e. The second kappa shape index (κ2) is 10.5. The molecule has 3 heterocycles. The topological polar surface area (TPSA) is 233 Å². The number of aliphatic hydroxyl groups is 2. The Balaban J connectivity index is 1.69. The highest BCUT2D eigenvalue weighted by molar-refractivity contribution is 5.81. The normalized spacial score (nSPS) is 23.9. The van der Waals surface area contributed by atoms with Gasteiger partial charge in [0.2, 0.25) is 0 Å². The molecule has 176 valence electrons. The number of carboxylic acid groups (broad SMARTS) is 1. The number of fused-ring (bicyclic) bond motifs is 1. The summed E-state index contributed by atoms with van der Waals surface area (Å²) in [5, 5.41) is 33.4. The number of anilines is 1. The molecule has 0 bridgehead atoms. The predicted octanol–water partition coefficient (Wildman–Crippen LogP) is -2.10. The maximum absolute atomic E-state index is 10.9. The second-order valence-electron chi connectivity index (χ2n) is 7.61. The minimum Gasteiger partial charge on any atom is -0.481 e. The zero-order chi connectivity index (χ0) is 23.3. The Hall–Kier alpha value is -3.07. The van der Waals surface area contributed by atoms with Crippen molar-refractivity contribution in [1.29, 1.82) is 0 Å². The molecule has 14 nitrogen and oxygen atoms in total. The van der Waals surface area contributed by atoms with Crippen LogP contribution < -0.4 is 22.5 Å². The number of imidazole rings is 1. The molecule has 14 heteroatoms. The lowest BCUT2D eigenvalue weighted by Gasteiger charge is -2.23. The minimum absolute atomic E-state index is 0.0214. The van der Waals surface area contributed by atoms with Gasteiger partial charge in [-0.1, -0.05) is 0 Å². The lowest BCUT2D eigenvalue weighted by molar-refractivity contribution is -0.137. The van der Waals surface area contributed by atoms with E-state index in [-0.39, 0.29) is 24.2 Å². The van der Waals surface area contributed by atoms with Crippen molar-refractivity contribution >= 4 is 28.9 Å². The first-order valence-electron chi connectivity index (χ1n) is 10.2. The highest BCUT2D eigenvalue weighted by Crippen LogP contribution is 2.34. The summed E-state index contributed by atoms with van der Waals surface area (Å²) < 4.78 is 7.49. The molecule has 1 saturated heterocycles. The van der Waals surface area contributed by atoms with Crippen molar-refractivity contribution in [3.8, 4) is 0 Å². The highest BCUT2D eigenvalue weighted by Gasteiger charge is 2.44. The van der Waals surface area contributed by atoms with Crippen LogP contribution in [0.1, 0.15) is 31.9 Å². The number of carbonyl (C=O) groups is 1. The van der Waals surface area contributed by atoms with Gasteiger partial charge in [-0.25, -0.2) is 15.0 Å². The number of aliphatic carboxylic acids is 1. The Labute approximate surface area is 183 Å². The number of guanidine groups is 1. The third-order valence-corrected chi connectivity index (χ3v) is 5.30. The SMILES string of the molecule is NC(N)=NCCNC(CCCC(=O)O)CC1OC(n2cnc3c(N)ncnc32)C(O)C1O. The van der Waals surface area contributed by atoms with Gasteiger partial charge < -0.3 is 42.6 Å². The molecule has 0 radical (unpaired) electrons. The number of hydrogen-bond acceptors (Lipinski definition) is 10. The van der Waals surface area contributed by atoms with Crippen LogP contribution in [0, 0.1) is 0 Å². The Morgan fingerprint density at radius 2 is 2.06 bits per heavy atom. The van der Waals surface area contributed by atoms with Gasteiger partial charge in [0.15, 0.2) is 23.7 Å². The molecule has 32 heavy (non-hydrogen) atoms. The predicted molar refractivity (Wildman–Crippen MR) is 114 cm³/mol. The molecule has 1 aliphatic heterocycles. The average molecular weight is 451 g/mol. The van der Waals surface area contributed by atoms with E-state index in [0.29, 0.717) is 43.5 Å². The van der Waals surface area contributed by atoms with Crippen LogP contribution in [0.25, 0.3) is 11.2 Å². The number of aliphatic imine (C=N–C) groups is 1. The molecule has 2 aromatic heterocycles. The van der Waals surface area contributed by atoms with Crippen molar-refractivity contribution in [2.75, 3.05) is 18.8 Å². The molecule has 0 aromatic carbocycles. The number of ether oxygens (including phenoxy) is 1. The van der Waals surface area contributed by atoms with Crippen molar-refractivity contribution in [2.24, 2.45) is 16.5 Å². The summed E-state index contributed by atoms with van der Waals surface area (Å²) in [6.45, 7) is 0.798.